The second-order valence-corrected chi connectivity index (χ2v) is 4.23. The summed E-state index contributed by atoms with van der Waals surface area (Å²) in [5, 5.41) is 12.3. The highest BCUT2D eigenvalue weighted by Crippen LogP contribution is 2.38. The molecule has 0 unspecified atom stereocenters. The van der Waals surface area contributed by atoms with E-state index in [0.29, 0.717) is 5.69 Å². The van der Waals surface area contributed by atoms with Crippen molar-refractivity contribution in [3.05, 3.63) is 22.0 Å². The molecule has 0 aliphatic heterocycles. The van der Waals surface area contributed by atoms with Crippen LogP contribution in [0.2, 0.25) is 0 Å². The van der Waals surface area contributed by atoms with Gasteiger partial charge in [-0.05, 0) is 33.4 Å². The Kier molecular flexibility index (Phi) is 1.73. The van der Waals surface area contributed by atoms with E-state index in [2.05, 4.69) is 15.9 Å². The molecule has 2 rings (SSSR count). The molecule has 0 atom stereocenters. The lowest BCUT2D eigenvalue weighted by atomic mass is 10.2. The first kappa shape index (κ1) is 7.89. The van der Waals surface area contributed by atoms with Gasteiger partial charge in [0.2, 0.25) is 0 Å². The number of hydrogen-bond acceptors (Lipinski definition) is 3. The molecule has 0 spiro atoms. The molecule has 1 heterocycles. The molecule has 0 fully saturated rings. The van der Waals surface area contributed by atoms with Gasteiger partial charge in [-0.2, -0.15) is 0 Å². The molecule has 0 saturated carbocycles. The zero-order valence-electron chi connectivity index (χ0n) is 6.04. The third kappa shape index (κ3) is 0.990. The maximum atomic E-state index is 9.53. The zero-order chi connectivity index (χ0) is 8.72. The number of phenols is 1. The first-order valence-electron chi connectivity index (χ1n) is 3.34. The second kappa shape index (κ2) is 2.64. The highest BCUT2D eigenvalue weighted by molar-refractivity contribution is 9.10. The number of thiophene rings is 1. The van der Waals surface area contributed by atoms with Gasteiger partial charge in [-0.1, -0.05) is 0 Å². The summed E-state index contributed by atoms with van der Waals surface area (Å²) < 4.78 is 1.96. The quantitative estimate of drug-likeness (QED) is 0.552. The van der Waals surface area contributed by atoms with Gasteiger partial charge in [-0.15, -0.1) is 11.3 Å². The Morgan fingerprint density at radius 1 is 1.50 bits per heavy atom. The predicted molar refractivity (Wildman–Crippen MR) is 55.6 cm³/mol. The van der Waals surface area contributed by atoms with E-state index >= 15 is 0 Å². The molecule has 0 aliphatic carbocycles. The standard InChI is InChI=1S/C8H6BrNOS/c9-5-3-6(10)7(11)4-1-2-12-8(4)5/h1-3,11H,10H2. The van der Waals surface area contributed by atoms with E-state index in [1.54, 1.807) is 17.4 Å². The summed E-state index contributed by atoms with van der Waals surface area (Å²) in [6, 6.07) is 3.57. The third-order valence-corrected chi connectivity index (χ3v) is 3.53. The summed E-state index contributed by atoms with van der Waals surface area (Å²) in [7, 11) is 0. The fraction of sp³-hybridized carbons (Fsp3) is 0. The zero-order valence-corrected chi connectivity index (χ0v) is 8.45. The van der Waals surface area contributed by atoms with E-state index in [1.807, 2.05) is 11.4 Å². The molecule has 62 valence electrons. The van der Waals surface area contributed by atoms with E-state index < -0.39 is 0 Å². The molecule has 1 aromatic carbocycles. The van der Waals surface area contributed by atoms with Crippen molar-refractivity contribution in [2.24, 2.45) is 0 Å². The van der Waals surface area contributed by atoms with Gasteiger partial charge in [-0.3, -0.25) is 0 Å². The molecule has 0 aliphatic rings. The van der Waals surface area contributed by atoms with Gasteiger partial charge in [0.05, 0.1) is 10.4 Å². The highest BCUT2D eigenvalue weighted by atomic mass is 79.9. The van der Waals surface area contributed by atoms with Crippen LogP contribution in [-0.2, 0) is 0 Å². The van der Waals surface area contributed by atoms with Gasteiger partial charge < -0.3 is 10.8 Å². The summed E-state index contributed by atoms with van der Waals surface area (Å²) >= 11 is 4.95. The van der Waals surface area contributed by atoms with Gasteiger partial charge in [0, 0.05) is 9.86 Å². The number of aromatic hydroxyl groups is 1. The van der Waals surface area contributed by atoms with E-state index in [4.69, 9.17) is 5.73 Å². The lowest BCUT2D eigenvalue weighted by molar-refractivity contribution is 0.484. The number of anilines is 1. The Bertz CT molecular complexity index is 438. The molecule has 2 aromatic rings. The number of hydrogen-bond donors (Lipinski definition) is 2. The summed E-state index contributed by atoms with van der Waals surface area (Å²) in [6.07, 6.45) is 0. The van der Waals surface area contributed by atoms with Crippen LogP contribution in [0.3, 0.4) is 0 Å². The van der Waals surface area contributed by atoms with Crippen molar-refractivity contribution in [1.82, 2.24) is 0 Å². The van der Waals surface area contributed by atoms with Gasteiger partial charge in [-0.25, -0.2) is 0 Å². The molecule has 1 aromatic heterocycles. The van der Waals surface area contributed by atoms with Crippen LogP contribution in [0.5, 0.6) is 5.75 Å². The van der Waals surface area contributed by atoms with Crippen molar-refractivity contribution in [1.29, 1.82) is 0 Å². The second-order valence-electron chi connectivity index (χ2n) is 2.46. The van der Waals surface area contributed by atoms with Gasteiger partial charge in [0.15, 0.2) is 0 Å². The van der Waals surface area contributed by atoms with Crippen molar-refractivity contribution >= 4 is 43.0 Å². The van der Waals surface area contributed by atoms with Gasteiger partial charge >= 0.3 is 0 Å². The minimum Gasteiger partial charge on any atom is -0.505 e. The molecule has 0 amide bonds. The Labute approximate surface area is 81.8 Å². The third-order valence-electron chi connectivity index (χ3n) is 1.69. The maximum Gasteiger partial charge on any atom is 0.147 e. The van der Waals surface area contributed by atoms with E-state index in [-0.39, 0.29) is 5.75 Å². The molecule has 0 radical (unpaired) electrons. The number of nitrogens with two attached hydrogens (primary N) is 1. The van der Waals surface area contributed by atoms with Crippen LogP contribution in [0.25, 0.3) is 10.1 Å². The molecule has 12 heavy (non-hydrogen) atoms. The number of phenolic OH excluding ortho intramolecular Hbond substituents is 1. The first-order chi connectivity index (χ1) is 5.70. The van der Waals surface area contributed by atoms with Crippen LogP contribution in [-0.4, -0.2) is 5.11 Å². The molecule has 3 N–H and O–H groups in total. The van der Waals surface area contributed by atoms with Gasteiger partial charge in [0.1, 0.15) is 5.75 Å². The van der Waals surface area contributed by atoms with Crippen LogP contribution in [0.15, 0.2) is 22.0 Å². The number of benzene rings is 1. The minimum atomic E-state index is 0.175. The average molecular weight is 244 g/mol. The molecular weight excluding hydrogens is 238 g/mol. The molecule has 4 heteroatoms. The summed E-state index contributed by atoms with van der Waals surface area (Å²) in [5.41, 5.74) is 5.98. The Morgan fingerprint density at radius 3 is 3.00 bits per heavy atom. The van der Waals surface area contributed by atoms with Crippen molar-refractivity contribution in [3.63, 3.8) is 0 Å². The SMILES string of the molecule is Nc1cc(Br)c2sccc2c1O. The van der Waals surface area contributed by atoms with Gasteiger partial charge in [0.25, 0.3) is 0 Å². The Morgan fingerprint density at radius 2 is 2.25 bits per heavy atom. The highest BCUT2D eigenvalue weighted by Gasteiger charge is 2.07. The average Bonchev–Trinajstić information content (AvgIpc) is 2.48. The van der Waals surface area contributed by atoms with Crippen LogP contribution in [0.1, 0.15) is 0 Å². The minimum absolute atomic E-state index is 0.175. The first-order valence-corrected chi connectivity index (χ1v) is 5.01. The van der Waals surface area contributed by atoms with E-state index in [0.717, 1.165) is 14.6 Å². The van der Waals surface area contributed by atoms with E-state index in [1.165, 1.54) is 0 Å². The number of rotatable bonds is 0. The van der Waals surface area contributed by atoms with Crippen LogP contribution in [0.4, 0.5) is 5.69 Å². The normalized spacial score (nSPS) is 10.8. The summed E-state index contributed by atoms with van der Waals surface area (Å²) in [4.78, 5) is 0. The van der Waals surface area contributed by atoms with Crippen molar-refractivity contribution in [3.8, 4) is 5.75 Å². The Balaban J connectivity index is 2.97. The summed E-state index contributed by atoms with van der Waals surface area (Å²) in [5.74, 6) is 0.175. The monoisotopic (exact) mass is 243 g/mol. The lowest BCUT2D eigenvalue weighted by Gasteiger charge is -2.01. The fourth-order valence-electron chi connectivity index (χ4n) is 1.11. The maximum absolute atomic E-state index is 9.53. The smallest absolute Gasteiger partial charge is 0.147 e. The number of halogens is 1. The largest absolute Gasteiger partial charge is 0.505 e. The topological polar surface area (TPSA) is 46.2 Å². The lowest BCUT2D eigenvalue weighted by Crippen LogP contribution is -1.85. The summed E-state index contributed by atoms with van der Waals surface area (Å²) in [6.45, 7) is 0. The molecule has 0 bridgehead atoms. The fourth-order valence-corrected chi connectivity index (χ4v) is 2.65. The molecule has 0 saturated heterocycles. The number of fused-ring (bicyclic) bond motifs is 1. The predicted octanol–water partition coefficient (Wildman–Crippen LogP) is 2.95. The van der Waals surface area contributed by atoms with Crippen LogP contribution in [0, 0.1) is 0 Å². The van der Waals surface area contributed by atoms with Crippen LogP contribution < -0.4 is 5.73 Å². The Hall–Kier alpha value is -0.740. The molecule has 2 nitrogen and oxygen atoms in total. The van der Waals surface area contributed by atoms with Crippen molar-refractivity contribution in [2.75, 3.05) is 5.73 Å². The molecular formula is C8H6BrNOS. The van der Waals surface area contributed by atoms with Crippen molar-refractivity contribution < 1.29 is 5.11 Å². The number of nitrogen functional groups attached to an aromatic ring is 1. The van der Waals surface area contributed by atoms with E-state index in [9.17, 15) is 5.11 Å². The van der Waals surface area contributed by atoms with Crippen LogP contribution >= 0.6 is 27.3 Å². The van der Waals surface area contributed by atoms with Crippen molar-refractivity contribution in [2.45, 2.75) is 0 Å².